The molecule has 9 heteroatoms. The predicted molar refractivity (Wildman–Crippen MR) is 131 cm³/mol. The van der Waals surface area contributed by atoms with E-state index in [4.69, 9.17) is 9.47 Å². The van der Waals surface area contributed by atoms with E-state index in [0.29, 0.717) is 24.7 Å². The number of carbonyl (C=O) groups is 1. The van der Waals surface area contributed by atoms with Gasteiger partial charge in [-0.3, -0.25) is 9.36 Å². The number of morpholine rings is 1. The van der Waals surface area contributed by atoms with Crippen LogP contribution in [-0.2, 0) is 9.47 Å². The summed E-state index contributed by atoms with van der Waals surface area (Å²) in [7, 11) is 0. The van der Waals surface area contributed by atoms with Gasteiger partial charge in [0.15, 0.2) is 17.0 Å². The lowest BCUT2D eigenvalue weighted by atomic mass is 10.1. The average Bonchev–Trinajstić information content (AvgIpc) is 2.90. The number of hydrogen-bond donors (Lipinski definition) is 1. The number of rotatable bonds is 5. The topological polar surface area (TPSA) is 107 Å². The fourth-order valence-electron chi connectivity index (χ4n) is 4.14. The van der Waals surface area contributed by atoms with E-state index in [2.05, 4.69) is 14.9 Å². The van der Waals surface area contributed by atoms with Crippen molar-refractivity contribution in [2.24, 2.45) is 0 Å². The molecule has 4 aromatic rings. The number of hydrogen-bond acceptors (Lipinski definition) is 8. The number of pyridine rings is 1. The predicted octanol–water partition coefficient (Wildman–Crippen LogP) is 3.17. The Bertz CT molecular complexity index is 1430. The number of aromatic nitrogens is 3. The first-order valence-electron chi connectivity index (χ1n) is 11.4. The highest BCUT2D eigenvalue weighted by Crippen LogP contribution is 2.29. The van der Waals surface area contributed by atoms with Gasteiger partial charge in [-0.05, 0) is 31.2 Å². The maximum Gasteiger partial charge on any atom is 0.347 e. The Morgan fingerprint density at radius 3 is 2.43 bits per heavy atom. The molecule has 0 aliphatic carbocycles. The first-order valence-corrected chi connectivity index (χ1v) is 11.4. The fourth-order valence-corrected chi connectivity index (χ4v) is 4.14. The second kappa shape index (κ2) is 9.55. The van der Waals surface area contributed by atoms with Crippen LogP contribution < -0.4 is 10.5 Å². The van der Waals surface area contributed by atoms with Gasteiger partial charge in [-0.25, -0.2) is 14.8 Å². The molecule has 0 amide bonds. The van der Waals surface area contributed by atoms with Crippen LogP contribution >= 0.6 is 0 Å². The summed E-state index contributed by atoms with van der Waals surface area (Å²) in [5, 5.41) is 11.0. The lowest BCUT2D eigenvalue weighted by Crippen LogP contribution is -2.36. The van der Waals surface area contributed by atoms with Crippen molar-refractivity contribution >= 4 is 22.7 Å². The van der Waals surface area contributed by atoms with Crippen LogP contribution in [-0.4, -0.2) is 58.5 Å². The molecule has 1 fully saturated rings. The molecule has 0 spiro atoms. The molecule has 35 heavy (non-hydrogen) atoms. The van der Waals surface area contributed by atoms with Crippen molar-refractivity contribution in [2.75, 3.05) is 37.8 Å². The van der Waals surface area contributed by atoms with E-state index < -0.39 is 22.8 Å². The molecule has 1 N–H and O–H groups in total. The maximum atomic E-state index is 13.6. The third-order valence-corrected chi connectivity index (χ3v) is 5.89. The van der Waals surface area contributed by atoms with Crippen LogP contribution in [0.2, 0.25) is 0 Å². The number of nitrogens with zero attached hydrogens (tertiary/aromatic N) is 4. The average molecular weight is 473 g/mol. The minimum atomic E-state index is -0.900. The molecule has 0 bridgehead atoms. The van der Waals surface area contributed by atoms with E-state index in [9.17, 15) is 14.7 Å². The molecule has 9 nitrogen and oxygen atoms in total. The Hall–Kier alpha value is -4.24. The Labute approximate surface area is 201 Å². The monoisotopic (exact) mass is 472 g/mol. The van der Waals surface area contributed by atoms with Gasteiger partial charge < -0.3 is 19.5 Å². The largest absolute Gasteiger partial charge is 0.506 e. The van der Waals surface area contributed by atoms with Crippen molar-refractivity contribution in [3.05, 3.63) is 76.7 Å². The number of aromatic hydroxyl groups is 1. The molecule has 0 saturated carbocycles. The summed E-state index contributed by atoms with van der Waals surface area (Å²) in [5.74, 6) is -1.01. The molecule has 2 aromatic heterocycles. The van der Waals surface area contributed by atoms with Crippen molar-refractivity contribution < 1.29 is 19.4 Å². The molecule has 178 valence electrons. The number of benzene rings is 2. The third kappa shape index (κ3) is 4.22. The molecule has 1 aliphatic heterocycles. The molecule has 1 saturated heterocycles. The van der Waals surface area contributed by atoms with Crippen LogP contribution in [0.25, 0.3) is 28.1 Å². The highest BCUT2D eigenvalue weighted by atomic mass is 16.5. The van der Waals surface area contributed by atoms with Gasteiger partial charge in [0.05, 0.1) is 30.9 Å². The van der Waals surface area contributed by atoms with Crippen molar-refractivity contribution in [2.45, 2.75) is 6.92 Å². The molecule has 2 aromatic carbocycles. The smallest absolute Gasteiger partial charge is 0.347 e. The Balaban J connectivity index is 1.71. The highest BCUT2D eigenvalue weighted by Gasteiger charge is 2.25. The number of anilines is 1. The van der Waals surface area contributed by atoms with Gasteiger partial charge >= 0.3 is 5.97 Å². The molecule has 0 atom stereocenters. The van der Waals surface area contributed by atoms with E-state index in [1.807, 2.05) is 42.5 Å². The minimum Gasteiger partial charge on any atom is -0.506 e. The van der Waals surface area contributed by atoms with Crippen molar-refractivity contribution in [1.29, 1.82) is 0 Å². The van der Waals surface area contributed by atoms with E-state index in [-0.39, 0.29) is 17.6 Å². The van der Waals surface area contributed by atoms with Gasteiger partial charge in [0.25, 0.3) is 5.56 Å². The zero-order valence-corrected chi connectivity index (χ0v) is 19.2. The van der Waals surface area contributed by atoms with Crippen molar-refractivity contribution in [1.82, 2.24) is 14.5 Å². The molecule has 0 unspecified atom stereocenters. The van der Waals surface area contributed by atoms with Gasteiger partial charge in [0.1, 0.15) is 5.75 Å². The van der Waals surface area contributed by atoms with Gasteiger partial charge in [-0.2, -0.15) is 0 Å². The van der Waals surface area contributed by atoms with E-state index >= 15 is 0 Å². The Kier molecular flexibility index (Phi) is 6.15. The first kappa shape index (κ1) is 22.5. The van der Waals surface area contributed by atoms with Crippen LogP contribution in [0.1, 0.15) is 17.3 Å². The van der Waals surface area contributed by atoms with Gasteiger partial charge in [-0.15, -0.1) is 0 Å². The van der Waals surface area contributed by atoms with Gasteiger partial charge in [0, 0.05) is 30.5 Å². The molecule has 1 aliphatic rings. The number of fused-ring (bicyclic) bond motifs is 1. The molecular formula is C26H24N4O5. The second-order valence-electron chi connectivity index (χ2n) is 8.00. The summed E-state index contributed by atoms with van der Waals surface area (Å²) in [6.07, 6.45) is 1.42. The summed E-state index contributed by atoms with van der Waals surface area (Å²) < 4.78 is 11.8. The Morgan fingerprint density at radius 2 is 1.74 bits per heavy atom. The SMILES string of the molecule is CCOC(=O)c1c(O)c2cnc(-c3ccccc3)nc2n(-c2ccc(N3CCOCC3)cc2)c1=O. The summed E-state index contributed by atoms with van der Waals surface area (Å²) in [5.41, 5.74) is 1.27. The number of ether oxygens (including phenoxy) is 2. The third-order valence-electron chi connectivity index (χ3n) is 5.89. The summed E-state index contributed by atoms with van der Waals surface area (Å²) in [6, 6.07) is 16.7. The number of carbonyl (C=O) groups excluding carboxylic acids is 1. The van der Waals surface area contributed by atoms with E-state index in [0.717, 1.165) is 24.3 Å². The van der Waals surface area contributed by atoms with Crippen LogP contribution in [0.15, 0.2) is 65.6 Å². The zero-order chi connectivity index (χ0) is 24.4. The molecule has 0 radical (unpaired) electrons. The lowest BCUT2D eigenvalue weighted by Gasteiger charge is -2.29. The highest BCUT2D eigenvalue weighted by molar-refractivity contribution is 5.99. The van der Waals surface area contributed by atoms with Crippen molar-refractivity contribution in [3.8, 4) is 22.8 Å². The first-order chi connectivity index (χ1) is 17.1. The minimum absolute atomic E-state index is 0.0629. The Morgan fingerprint density at radius 1 is 1.06 bits per heavy atom. The van der Waals surface area contributed by atoms with Crippen LogP contribution in [0.4, 0.5) is 5.69 Å². The standard InChI is InChI=1S/C26H24N4O5/c1-2-35-26(33)21-22(31)20-16-27-23(17-6-4-3-5-7-17)28-24(20)30(25(21)32)19-10-8-18(9-11-19)29-12-14-34-15-13-29/h3-11,16,31H,2,12-15H2,1H3. The maximum absolute atomic E-state index is 13.6. The second-order valence-corrected chi connectivity index (χ2v) is 8.00. The van der Waals surface area contributed by atoms with Gasteiger partial charge in [0.2, 0.25) is 0 Å². The number of esters is 1. The lowest BCUT2D eigenvalue weighted by molar-refractivity contribution is 0.0521. The normalized spacial score (nSPS) is 13.7. The van der Waals surface area contributed by atoms with E-state index in [1.54, 1.807) is 19.1 Å². The fraction of sp³-hybridized carbons (Fsp3) is 0.231. The van der Waals surface area contributed by atoms with E-state index in [1.165, 1.54) is 10.8 Å². The summed E-state index contributed by atoms with van der Waals surface area (Å²) in [6.45, 7) is 4.57. The van der Waals surface area contributed by atoms with Crippen LogP contribution in [0.5, 0.6) is 5.75 Å². The molecule has 3 heterocycles. The zero-order valence-electron chi connectivity index (χ0n) is 19.2. The van der Waals surface area contributed by atoms with Crippen LogP contribution in [0, 0.1) is 0 Å². The van der Waals surface area contributed by atoms with Gasteiger partial charge in [-0.1, -0.05) is 30.3 Å². The van der Waals surface area contributed by atoms with Crippen molar-refractivity contribution in [3.63, 3.8) is 0 Å². The van der Waals surface area contributed by atoms with Crippen LogP contribution in [0.3, 0.4) is 0 Å². The molecular weight excluding hydrogens is 448 g/mol. The summed E-state index contributed by atoms with van der Waals surface area (Å²) >= 11 is 0. The molecule has 5 rings (SSSR count). The summed E-state index contributed by atoms with van der Waals surface area (Å²) in [4.78, 5) is 37.4. The quantitative estimate of drug-likeness (QED) is 0.442.